The molecule has 0 aliphatic rings. The van der Waals surface area contributed by atoms with Gasteiger partial charge in [0.25, 0.3) is 0 Å². The summed E-state index contributed by atoms with van der Waals surface area (Å²) in [7, 11) is -3.22. The van der Waals surface area contributed by atoms with E-state index >= 15 is 0 Å². The zero-order chi connectivity index (χ0) is 62.5. The molecule has 442 valence electrons. The van der Waals surface area contributed by atoms with E-state index in [1.165, 1.54) is 109 Å². The number of hydrogen-bond acceptors (Lipinski definition) is 2. The fourth-order valence-electron chi connectivity index (χ4n) is 13.7. The molecule has 0 heterocycles. The molecule has 0 fully saturated rings. The van der Waals surface area contributed by atoms with Crippen LogP contribution in [0.3, 0.4) is 0 Å². The Morgan fingerprint density at radius 1 is 0.196 bits per heavy atom. The first-order valence-corrected chi connectivity index (χ1v) is 39.2. The van der Waals surface area contributed by atoms with Gasteiger partial charge in [0.1, 0.15) is 0 Å². The molecule has 0 N–H and O–H groups in total. The molecule has 0 atom stereocenters. The molecule has 0 saturated carbocycles. The van der Waals surface area contributed by atoms with E-state index in [2.05, 4.69) is 377 Å². The predicted molar refractivity (Wildman–Crippen MR) is 404 cm³/mol. The minimum atomic E-state index is -1.61. The SMILES string of the molecule is C[Si](C)(C)c1ccc(N(c2ccc(-c3ccccc3)cc2)c2ccc3c(-c4ccc(-c5cccc6ccccc56)cc4)c4cc(N(c5ccc(-c6ccccc6)cc5)c5ccc([Si](C)(C)C)cc5)ccc4c(-c4ccc(-c5cccc6ccccc56)cc4)c3c2)cc1. The maximum absolute atomic E-state index is 2.48. The van der Waals surface area contributed by atoms with Crippen molar-refractivity contribution in [3.05, 3.63) is 328 Å². The second kappa shape index (κ2) is 24.0. The zero-order valence-electron chi connectivity index (χ0n) is 53.1. The minimum Gasteiger partial charge on any atom is -0.310 e. The molecule has 15 aromatic rings. The molecule has 0 amide bonds. The highest BCUT2D eigenvalue weighted by Crippen LogP contribution is 2.49. The number of rotatable bonds is 14. The summed E-state index contributed by atoms with van der Waals surface area (Å²) in [5.74, 6) is 0. The number of hydrogen-bond donors (Lipinski definition) is 0. The Balaban J connectivity index is 0.996. The van der Waals surface area contributed by atoms with Gasteiger partial charge >= 0.3 is 0 Å². The van der Waals surface area contributed by atoms with Gasteiger partial charge in [-0.05, 0) is 183 Å². The lowest BCUT2D eigenvalue weighted by atomic mass is 9.84. The van der Waals surface area contributed by atoms with Crippen LogP contribution in [-0.4, -0.2) is 16.1 Å². The number of fused-ring (bicyclic) bond motifs is 4. The van der Waals surface area contributed by atoms with Crippen molar-refractivity contribution in [1.29, 1.82) is 0 Å². The Kier molecular flexibility index (Phi) is 15.1. The van der Waals surface area contributed by atoms with Gasteiger partial charge in [-0.25, -0.2) is 0 Å². The van der Waals surface area contributed by atoms with Crippen molar-refractivity contribution in [3.8, 4) is 66.8 Å². The maximum atomic E-state index is 2.48. The van der Waals surface area contributed by atoms with Crippen LogP contribution in [0, 0.1) is 0 Å². The van der Waals surface area contributed by atoms with Gasteiger partial charge in [0.05, 0.1) is 16.1 Å². The highest BCUT2D eigenvalue weighted by molar-refractivity contribution is 6.89. The van der Waals surface area contributed by atoms with Crippen LogP contribution < -0.4 is 20.2 Å². The Morgan fingerprint density at radius 2 is 0.478 bits per heavy atom. The van der Waals surface area contributed by atoms with E-state index in [1.54, 1.807) is 0 Å². The van der Waals surface area contributed by atoms with E-state index in [4.69, 9.17) is 0 Å². The van der Waals surface area contributed by atoms with Crippen molar-refractivity contribution in [2.24, 2.45) is 0 Å². The van der Waals surface area contributed by atoms with E-state index in [-0.39, 0.29) is 0 Å². The van der Waals surface area contributed by atoms with Crippen LogP contribution in [0.5, 0.6) is 0 Å². The summed E-state index contributed by atoms with van der Waals surface area (Å²) >= 11 is 0. The largest absolute Gasteiger partial charge is 0.310 e. The quantitative estimate of drug-likeness (QED) is 0.0791. The van der Waals surface area contributed by atoms with Crippen molar-refractivity contribution in [3.63, 3.8) is 0 Å². The van der Waals surface area contributed by atoms with Crippen molar-refractivity contribution in [2.75, 3.05) is 9.80 Å². The summed E-state index contributed by atoms with van der Waals surface area (Å²) in [6.45, 7) is 14.6. The lowest BCUT2D eigenvalue weighted by Crippen LogP contribution is -2.37. The smallest absolute Gasteiger partial charge is 0.0775 e. The highest BCUT2D eigenvalue weighted by Gasteiger charge is 2.25. The van der Waals surface area contributed by atoms with Crippen LogP contribution in [0.25, 0.3) is 110 Å². The van der Waals surface area contributed by atoms with Crippen molar-refractivity contribution in [2.45, 2.75) is 39.3 Å². The second-order valence-corrected chi connectivity index (χ2v) is 36.7. The van der Waals surface area contributed by atoms with Gasteiger partial charge in [0.2, 0.25) is 0 Å². The van der Waals surface area contributed by atoms with Crippen molar-refractivity contribution in [1.82, 2.24) is 0 Å². The van der Waals surface area contributed by atoms with Crippen LogP contribution in [0.15, 0.2) is 328 Å². The topological polar surface area (TPSA) is 6.48 Å². The number of anilines is 6. The Labute approximate surface area is 543 Å². The molecule has 15 aromatic carbocycles. The van der Waals surface area contributed by atoms with Gasteiger partial charge in [-0.15, -0.1) is 0 Å². The monoisotopic (exact) mass is 1210 g/mol. The molecule has 0 unspecified atom stereocenters. The summed E-state index contributed by atoms with van der Waals surface area (Å²) in [5, 5.41) is 12.5. The van der Waals surface area contributed by atoms with E-state index in [0.29, 0.717) is 0 Å². The van der Waals surface area contributed by atoms with E-state index in [9.17, 15) is 0 Å². The average molecular weight is 1210 g/mol. The molecule has 0 saturated heterocycles. The third-order valence-electron chi connectivity index (χ3n) is 18.6. The first-order valence-electron chi connectivity index (χ1n) is 32.2. The first-order chi connectivity index (χ1) is 44.9. The van der Waals surface area contributed by atoms with E-state index in [1.807, 2.05) is 0 Å². The van der Waals surface area contributed by atoms with Crippen LogP contribution in [0.1, 0.15) is 0 Å². The average Bonchev–Trinajstić information content (AvgIpc) is 0.743. The van der Waals surface area contributed by atoms with Gasteiger partial charge < -0.3 is 9.80 Å². The molecule has 0 radical (unpaired) electrons. The van der Waals surface area contributed by atoms with E-state index < -0.39 is 16.1 Å². The fourth-order valence-corrected chi connectivity index (χ4v) is 16.0. The molecule has 15 rings (SSSR count). The van der Waals surface area contributed by atoms with Crippen molar-refractivity contribution >= 4 is 104 Å². The number of nitrogens with zero attached hydrogens (tertiary/aromatic N) is 2. The van der Waals surface area contributed by atoms with Gasteiger partial charge in [0.15, 0.2) is 0 Å². The predicted octanol–water partition coefficient (Wildman–Crippen LogP) is 24.3. The standard InChI is InChI=1S/C88H72N2Si2/c1-91(2,3)77-53-47-73(48-54-77)89(71-43-39-63(40-44-71)61-19-9-7-10-20-61)75-51-57-83-85(59-75)87(69-35-31-67(32-36-69)81-29-17-25-65-23-13-15-27-79(65)81)84-58-52-76(60-86(84)88(83)70-37-33-68(34-38-70)82-30-18-26-66-24-14-16-28-80(66)82)90(74-49-55-78(56-50-74)92(4,5)6)72-45-41-64(42-46-72)62-21-11-8-12-22-62/h7-60H,1-6H3. The highest BCUT2D eigenvalue weighted by atomic mass is 28.3. The Hall–Kier alpha value is -10.6. The van der Waals surface area contributed by atoms with E-state index in [0.717, 1.165) is 45.3 Å². The molecule has 0 spiro atoms. The fraction of sp³-hybridized carbons (Fsp3) is 0.0682. The molecule has 0 aliphatic heterocycles. The third kappa shape index (κ3) is 11.1. The summed E-state index contributed by atoms with van der Waals surface area (Å²) in [5.41, 5.74) is 20.9. The molecule has 0 bridgehead atoms. The Bertz CT molecular complexity index is 4820. The molecule has 92 heavy (non-hydrogen) atoms. The summed E-state index contributed by atoms with van der Waals surface area (Å²) in [6, 6.07) is 122. The summed E-state index contributed by atoms with van der Waals surface area (Å²) in [6.07, 6.45) is 0. The summed E-state index contributed by atoms with van der Waals surface area (Å²) < 4.78 is 0. The molecule has 0 aliphatic carbocycles. The van der Waals surface area contributed by atoms with Crippen molar-refractivity contribution < 1.29 is 0 Å². The third-order valence-corrected chi connectivity index (χ3v) is 22.7. The molecular formula is C88H72N2Si2. The molecule has 2 nitrogen and oxygen atoms in total. The van der Waals surface area contributed by atoms with Crippen LogP contribution in [-0.2, 0) is 0 Å². The van der Waals surface area contributed by atoms with Gasteiger partial charge in [-0.2, -0.15) is 0 Å². The molecular weight excluding hydrogens is 1140 g/mol. The van der Waals surface area contributed by atoms with Gasteiger partial charge in [-0.3, -0.25) is 0 Å². The lowest BCUT2D eigenvalue weighted by Gasteiger charge is -2.29. The van der Waals surface area contributed by atoms with Crippen LogP contribution in [0.2, 0.25) is 39.3 Å². The normalized spacial score (nSPS) is 11.8. The zero-order valence-corrected chi connectivity index (χ0v) is 55.1. The molecule has 4 heteroatoms. The summed E-state index contributed by atoms with van der Waals surface area (Å²) in [4.78, 5) is 4.91. The first kappa shape index (κ1) is 57.8. The Morgan fingerprint density at radius 3 is 0.837 bits per heavy atom. The van der Waals surface area contributed by atoms with Gasteiger partial charge in [0, 0.05) is 34.1 Å². The maximum Gasteiger partial charge on any atom is 0.0775 e. The van der Waals surface area contributed by atoms with Crippen LogP contribution in [0.4, 0.5) is 34.1 Å². The minimum absolute atomic E-state index is 1.08. The van der Waals surface area contributed by atoms with Gasteiger partial charge in [-0.1, -0.05) is 304 Å². The lowest BCUT2D eigenvalue weighted by molar-refractivity contribution is 1.29. The second-order valence-electron chi connectivity index (χ2n) is 26.5. The van der Waals surface area contributed by atoms with Crippen LogP contribution >= 0.6 is 0 Å². The molecule has 0 aromatic heterocycles. The number of benzene rings is 15.